The lowest BCUT2D eigenvalue weighted by atomic mass is 10.00. The number of nitrogens with one attached hydrogen (secondary N) is 1. The molecule has 0 aromatic carbocycles. The molecule has 0 heterocycles. The zero-order valence-electron chi connectivity index (χ0n) is 15.0. The number of amides is 1. The van der Waals surface area contributed by atoms with Crippen LogP contribution in [-0.4, -0.2) is 56.0 Å². The molecule has 0 aromatic heterocycles. The average molecular weight is 314 g/mol. The summed E-state index contributed by atoms with van der Waals surface area (Å²) in [5.74, 6) is 0.786. The van der Waals surface area contributed by atoms with Crippen molar-refractivity contribution in [1.29, 1.82) is 0 Å². The Morgan fingerprint density at radius 3 is 2.45 bits per heavy atom. The van der Waals surface area contributed by atoms with Crippen molar-refractivity contribution in [2.24, 2.45) is 5.92 Å². The zero-order chi connectivity index (χ0) is 16.6. The van der Waals surface area contributed by atoms with Crippen molar-refractivity contribution in [3.63, 3.8) is 0 Å². The van der Waals surface area contributed by atoms with Gasteiger partial charge < -0.3 is 19.7 Å². The van der Waals surface area contributed by atoms with Crippen LogP contribution < -0.4 is 5.32 Å². The number of rotatable bonds is 8. The van der Waals surface area contributed by atoms with E-state index in [-0.39, 0.29) is 6.09 Å². The van der Waals surface area contributed by atoms with E-state index in [1.807, 2.05) is 20.8 Å². The Bertz CT molecular complexity index is 322. The molecule has 0 aliphatic heterocycles. The van der Waals surface area contributed by atoms with E-state index < -0.39 is 5.60 Å². The summed E-state index contributed by atoms with van der Waals surface area (Å²) in [7, 11) is 1.65. The third kappa shape index (κ3) is 7.45. The van der Waals surface area contributed by atoms with Crippen LogP contribution in [0, 0.1) is 5.92 Å². The van der Waals surface area contributed by atoms with Crippen molar-refractivity contribution >= 4 is 6.09 Å². The van der Waals surface area contributed by atoms with Gasteiger partial charge in [0.05, 0.1) is 6.61 Å². The van der Waals surface area contributed by atoms with E-state index >= 15 is 0 Å². The van der Waals surface area contributed by atoms with Gasteiger partial charge >= 0.3 is 6.09 Å². The van der Waals surface area contributed by atoms with Gasteiger partial charge in [-0.05, 0) is 46.5 Å². The summed E-state index contributed by atoms with van der Waals surface area (Å²) in [4.78, 5) is 13.9. The minimum atomic E-state index is -0.465. The van der Waals surface area contributed by atoms with Gasteiger partial charge in [-0.1, -0.05) is 12.8 Å². The van der Waals surface area contributed by atoms with Crippen LogP contribution in [0.4, 0.5) is 4.79 Å². The largest absolute Gasteiger partial charge is 0.444 e. The second-order valence-electron chi connectivity index (χ2n) is 7.25. The molecule has 1 aliphatic carbocycles. The summed E-state index contributed by atoms with van der Waals surface area (Å²) in [5, 5.41) is 3.56. The summed E-state index contributed by atoms with van der Waals surface area (Å²) < 4.78 is 10.5. The van der Waals surface area contributed by atoms with Crippen LogP contribution >= 0.6 is 0 Å². The van der Waals surface area contributed by atoms with Crippen LogP contribution in [-0.2, 0) is 9.47 Å². The van der Waals surface area contributed by atoms with Crippen molar-refractivity contribution in [2.45, 2.75) is 65.0 Å². The van der Waals surface area contributed by atoms with Crippen LogP contribution in [0.5, 0.6) is 0 Å². The van der Waals surface area contributed by atoms with E-state index in [0.29, 0.717) is 25.7 Å². The first-order valence-corrected chi connectivity index (χ1v) is 8.53. The van der Waals surface area contributed by atoms with Crippen molar-refractivity contribution in [3.05, 3.63) is 0 Å². The molecule has 0 saturated heterocycles. The van der Waals surface area contributed by atoms with Gasteiger partial charge in [-0.2, -0.15) is 0 Å². The summed E-state index contributed by atoms with van der Waals surface area (Å²) in [6.07, 6.45) is 5.10. The molecule has 130 valence electrons. The lowest BCUT2D eigenvalue weighted by molar-refractivity contribution is 0.0202. The maximum Gasteiger partial charge on any atom is 0.410 e. The first kappa shape index (κ1) is 19.2. The molecule has 5 nitrogen and oxygen atoms in total. The van der Waals surface area contributed by atoms with Gasteiger partial charge in [0.25, 0.3) is 0 Å². The number of methoxy groups -OCH3 is 1. The van der Waals surface area contributed by atoms with Gasteiger partial charge in [0.2, 0.25) is 0 Å². The molecule has 0 radical (unpaired) electrons. The zero-order valence-corrected chi connectivity index (χ0v) is 15.0. The molecule has 1 saturated carbocycles. The lowest BCUT2D eigenvalue weighted by Gasteiger charge is -2.28. The molecule has 1 atom stereocenters. The number of carbonyl (C=O) groups is 1. The monoisotopic (exact) mass is 314 g/mol. The molecule has 5 heteroatoms. The molecule has 1 unspecified atom stereocenters. The Morgan fingerprint density at radius 1 is 1.27 bits per heavy atom. The van der Waals surface area contributed by atoms with E-state index in [9.17, 15) is 4.79 Å². The van der Waals surface area contributed by atoms with Crippen LogP contribution in [0.25, 0.3) is 0 Å². The molecular formula is C17H34N2O3. The van der Waals surface area contributed by atoms with Crippen LogP contribution in [0.3, 0.4) is 0 Å². The molecule has 0 aromatic rings. The van der Waals surface area contributed by atoms with Crippen molar-refractivity contribution < 1.29 is 14.3 Å². The maximum atomic E-state index is 12.2. The summed E-state index contributed by atoms with van der Waals surface area (Å²) in [6, 6.07) is 0.519. The smallest absolute Gasteiger partial charge is 0.410 e. The summed E-state index contributed by atoms with van der Waals surface area (Å²) in [6.45, 7) is 10.4. The van der Waals surface area contributed by atoms with E-state index in [1.54, 1.807) is 12.0 Å². The SMILES string of the molecule is COCCN(CCNC(C)C1CCCC1)C(=O)OC(C)(C)C. The number of hydrogen-bond donors (Lipinski definition) is 1. The van der Waals surface area contributed by atoms with Gasteiger partial charge in [0, 0.05) is 32.8 Å². The fraction of sp³-hybridized carbons (Fsp3) is 0.941. The first-order valence-electron chi connectivity index (χ1n) is 8.53. The predicted molar refractivity (Wildman–Crippen MR) is 89.1 cm³/mol. The third-order valence-electron chi connectivity index (χ3n) is 4.17. The van der Waals surface area contributed by atoms with Crippen molar-refractivity contribution in [1.82, 2.24) is 10.2 Å². The minimum Gasteiger partial charge on any atom is -0.444 e. The first-order chi connectivity index (χ1) is 10.3. The highest BCUT2D eigenvalue weighted by atomic mass is 16.6. The molecule has 1 amide bonds. The fourth-order valence-corrected chi connectivity index (χ4v) is 2.87. The van der Waals surface area contributed by atoms with Crippen LogP contribution in [0.1, 0.15) is 53.4 Å². The topological polar surface area (TPSA) is 50.8 Å². The predicted octanol–water partition coefficient (Wildman–Crippen LogP) is 3.04. The van der Waals surface area contributed by atoms with Crippen molar-refractivity contribution in [3.8, 4) is 0 Å². The Hall–Kier alpha value is -0.810. The maximum absolute atomic E-state index is 12.2. The average Bonchev–Trinajstić information content (AvgIpc) is 2.94. The highest BCUT2D eigenvalue weighted by Gasteiger charge is 2.23. The molecule has 1 fully saturated rings. The normalized spacial score (nSPS) is 17.5. The lowest BCUT2D eigenvalue weighted by Crippen LogP contribution is -2.44. The Labute approximate surface area is 135 Å². The second-order valence-corrected chi connectivity index (χ2v) is 7.25. The van der Waals surface area contributed by atoms with Gasteiger partial charge in [-0.25, -0.2) is 4.79 Å². The number of nitrogens with zero attached hydrogens (tertiary/aromatic N) is 1. The molecule has 1 aliphatic rings. The molecule has 0 spiro atoms. The van der Waals surface area contributed by atoms with Crippen molar-refractivity contribution in [2.75, 3.05) is 33.4 Å². The van der Waals surface area contributed by atoms with E-state index in [0.717, 1.165) is 12.5 Å². The summed E-state index contributed by atoms with van der Waals surface area (Å²) >= 11 is 0. The number of hydrogen-bond acceptors (Lipinski definition) is 4. The van der Waals surface area contributed by atoms with Gasteiger partial charge in [0.1, 0.15) is 5.60 Å². The fourth-order valence-electron chi connectivity index (χ4n) is 2.87. The van der Waals surface area contributed by atoms with E-state index in [4.69, 9.17) is 9.47 Å². The minimum absolute atomic E-state index is 0.264. The van der Waals surface area contributed by atoms with Gasteiger partial charge in [0.15, 0.2) is 0 Å². The Kier molecular flexibility index (Phi) is 8.18. The van der Waals surface area contributed by atoms with Crippen LogP contribution in [0.15, 0.2) is 0 Å². The van der Waals surface area contributed by atoms with Gasteiger partial charge in [-0.3, -0.25) is 0 Å². The Morgan fingerprint density at radius 2 is 1.91 bits per heavy atom. The summed E-state index contributed by atoms with van der Waals surface area (Å²) in [5.41, 5.74) is -0.465. The quantitative estimate of drug-likeness (QED) is 0.748. The van der Waals surface area contributed by atoms with E-state index in [2.05, 4.69) is 12.2 Å². The highest BCUT2D eigenvalue weighted by Crippen LogP contribution is 2.27. The van der Waals surface area contributed by atoms with Crippen LogP contribution in [0.2, 0.25) is 0 Å². The molecule has 0 bridgehead atoms. The van der Waals surface area contributed by atoms with Gasteiger partial charge in [-0.15, -0.1) is 0 Å². The second kappa shape index (κ2) is 9.36. The van der Waals surface area contributed by atoms with E-state index in [1.165, 1.54) is 25.7 Å². The standard InChI is InChI=1S/C17H34N2O3/c1-14(15-8-6-7-9-15)18-10-11-19(12-13-21-5)16(20)22-17(2,3)4/h14-15,18H,6-13H2,1-5H3. The Balaban J connectivity index is 2.38. The third-order valence-corrected chi connectivity index (χ3v) is 4.17. The molecule has 1 N–H and O–H groups in total. The molecule has 22 heavy (non-hydrogen) atoms. The molecule has 1 rings (SSSR count). The number of carbonyl (C=O) groups excluding carboxylic acids is 1. The highest BCUT2D eigenvalue weighted by molar-refractivity contribution is 5.68. The number of ether oxygens (including phenoxy) is 2. The molecular weight excluding hydrogens is 280 g/mol.